The number of nitrogens with zero attached hydrogens (tertiary/aromatic N) is 1. The van der Waals surface area contributed by atoms with E-state index < -0.39 is 0 Å². The Hall–Kier alpha value is -0.760. The van der Waals surface area contributed by atoms with Crippen molar-refractivity contribution in [1.82, 2.24) is 4.98 Å². The van der Waals surface area contributed by atoms with Gasteiger partial charge in [-0.3, -0.25) is 0 Å². The number of halogens is 1. The lowest BCUT2D eigenvalue weighted by Crippen LogP contribution is -2.14. The number of pyridine rings is 1. The van der Waals surface area contributed by atoms with Gasteiger partial charge in [-0.2, -0.15) is 0 Å². The summed E-state index contributed by atoms with van der Waals surface area (Å²) in [6, 6.07) is 2.45. The molecule has 0 radical (unpaired) electrons. The number of anilines is 1. The second kappa shape index (κ2) is 4.47. The first-order valence-corrected chi connectivity index (χ1v) is 4.90. The topological polar surface area (TPSA) is 24.9 Å². The highest BCUT2D eigenvalue weighted by atomic mass is 35.5. The van der Waals surface area contributed by atoms with Gasteiger partial charge in [0.05, 0.1) is 5.69 Å². The van der Waals surface area contributed by atoms with E-state index in [1.54, 1.807) is 6.20 Å². The van der Waals surface area contributed by atoms with Crippen LogP contribution in [0.5, 0.6) is 0 Å². The number of nitrogens with one attached hydrogen (secondary N) is 1. The molecule has 13 heavy (non-hydrogen) atoms. The smallest absolute Gasteiger partial charge is 0.152 e. The highest BCUT2D eigenvalue weighted by molar-refractivity contribution is 6.31. The molecule has 1 aromatic rings. The van der Waals surface area contributed by atoms with E-state index in [4.69, 9.17) is 11.6 Å². The average Bonchev–Trinajstić information content (AvgIpc) is 2.11. The molecule has 0 spiro atoms. The molecule has 1 unspecified atom stereocenters. The van der Waals surface area contributed by atoms with E-state index in [1.165, 1.54) is 0 Å². The molecule has 1 heterocycles. The predicted octanol–water partition coefficient (Wildman–Crippen LogP) is 3.25. The third-order valence-corrected chi connectivity index (χ3v) is 2.29. The summed E-state index contributed by atoms with van der Waals surface area (Å²) in [5, 5.41) is 3.85. The number of aryl methyl sites for hydroxylation is 1. The monoisotopic (exact) mass is 198 g/mol. The van der Waals surface area contributed by atoms with Crippen molar-refractivity contribution in [2.24, 2.45) is 0 Å². The maximum absolute atomic E-state index is 5.92. The van der Waals surface area contributed by atoms with Crippen LogP contribution in [0.25, 0.3) is 0 Å². The highest BCUT2D eigenvalue weighted by Gasteiger charge is 2.04. The molecule has 0 aliphatic rings. The Morgan fingerprint density at radius 3 is 2.92 bits per heavy atom. The van der Waals surface area contributed by atoms with Gasteiger partial charge in [0.15, 0.2) is 5.15 Å². The van der Waals surface area contributed by atoms with Crippen molar-refractivity contribution in [1.29, 1.82) is 0 Å². The van der Waals surface area contributed by atoms with Gasteiger partial charge in [0.25, 0.3) is 0 Å². The molecule has 0 aromatic carbocycles. The summed E-state index contributed by atoms with van der Waals surface area (Å²) >= 11 is 5.92. The van der Waals surface area contributed by atoms with Gasteiger partial charge in [-0.15, -0.1) is 0 Å². The summed E-state index contributed by atoms with van der Waals surface area (Å²) in [5.74, 6) is 0. The van der Waals surface area contributed by atoms with E-state index in [2.05, 4.69) is 24.1 Å². The molecule has 1 atom stereocenters. The standard InChI is InChI=1S/C10H15ClN2/c1-4-8(3)13-9-5-7(2)6-12-10(9)11/h5-6,8,13H,4H2,1-3H3. The van der Waals surface area contributed by atoms with Gasteiger partial charge in [-0.1, -0.05) is 18.5 Å². The van der Waals surface area contributed by atoms with Crippen LogP contribution >= 0.6 is 11.6 Å². The quantitative estimate of drug-likeness (QED) is 0.755. The zero-order chi connectivity index (χ0) is 9.84. The molecule has 2 nitrogen and oxygen atoms in total. The Kier molecular flexibility index (Phi) is 3.55. The molecule has 1 N–H and O–H groups in total. The summed E-state index contributed by atoms with van der Waals surface area (Å²) in [5.41, 5.74) is 2.05. The normalized spacial score (nSPS) is 12.6. The van der Waals surface area contributed by atoms with Crippen LogP contribution in [0, 0.1) is 6.92 Å². The van der Waals surface area contributed by atoms with Crippen LogP contribution < -0.4 is 5.32 Å². The van der Waals surface area contributed by atoms with E-state index in [9.17, 15) is 0 Å². The van der Waals surface area contributed by atoms with Crippen LogP contribution in [0.15, 0.2) is 12.3 Å². The summed E-state index contributed by atoms with van der Waals surface area (Å²) in [6.45, 7) is 6.26. The van der Waals surface area contributed by atoms with Crippen LogP contribution in [0.4, 0.5) is 5.69 Å². The molecule has 0 aliphatic heterocycles. The van der Waals surface area contributed by atoms with E-state index in [1.807, 2.05) is 13.0 Å². The third kappa shape index (κ3) is 2.88. The minimum absolute atomic E-state index is 0.432. The molecule has 0 fully saturated rings. The van der Waals surface area contributed by atoms with Gasteiger partial charge in [0.2, 0.25) is 0 Å². The second-order valence-corrected chi connectivity index (χ2v) is 3.66. The summed E-state index contributed by atoms with van der Waals surface area (Å²) < 4.78 is 0. The third-order valence-electron chi connectivity index (χ3n) is 1.99. The lowest BCUT2D eigenvalue weighted by Gasteiger charge is -2.13. The van der Waals surface area contributed by atoms with Crippen molar-refractivity contribution in [3.63, 3.8) is 0 Å². The number of aromatic nitrogens is 1. The largest absolute Gasteiger partial charge is 0.380 e. The molecule has 0 amide bonds. The van der Waals surface area contributed by atoms with Gasteiger partial charge in [0.1, 0.15) is 0 Å². The molecular formula is C10H15ClN2. The molecule has 0 saturated carbocycles. The molecule has 3 heteroatoms. The predicted molar refractivity (Wildman–Crippen MR) is 57.4 cm³/mol. The van der Waals surface area contributed by atoms with Crippen LogP contribution in [0.1, 0.15) is 25.8 Å². The number of hydrogen-bond donors (Lipinski definition) is 1. The van der Waals surface area contributed by atoms with Gasteiger partial charge >= 0.3 is 0 Å². The molecule has 1 aromatic heterocycles. The minimum Gasteiger partial charge on any atom is -0.380 e. The van der Waals surface area contributed by atoms with Gasteiger partial charge in [0, 0.05) is 12.2 Å². The highest BCUT2D eigenvalue weighted by Crippen LogP contribution is 2.20. The maximum Gasteiger partial charge on any atom is 0.152 e. The first-order chi connectivity index (χ1) is 6.13. The number of hydrogen-bond acceptors (Lipinski definition) is 2. The van der Waals surface area contributed by atoms with E-state index in [-0.39, 0.29) is 0 Å². The lowest BCUT2D eigenvalue weighted by atomic mass is 10.2. The molecule has 1 rings (SSSR count). The SMILES string of the molecule is CCC(C)Nc1cc(C)cnc1Cl. The summed E-state index contributed by atoms with van der Waals surface area (Å²) in [4.78, 5) is 4.07. The fraction of sp³-hybridized carbons (Fsp3) is 0.500. The van der Waals surface area contributed by atoms with Crippen molar-refractivity contribution in [2.45, 2.75) is 33.2 Å². The molecule has 0 aliphatic carbocycles. The Labute approximate surface area is 84.3 Å². The zero-order valence-corrected chi connectivity index (χ0v) is 9.02. The van der Waals surface area contributed by atoms with Gasteiger partial charge in [-0.25, -0.2) is 4.98 Å². The van der Waals surface area contributed by atoms with Crippen LogP contribution in [-0.4, -0.2) is 11.0 Å². The first kappa shape index (κ1) is 10.3. The first-order valence-electron chi connectivity index (χ1n) is 4.52. The lowest BCUT2D eigenvalue weighted by molar-refractivity contribution is 0.763. The fourth-order valence-corrected chi connectivity index (χ4v) is 1.18. The van der Waals surface area contributed by atoms with Crippen molar-refractivity contribution in [3.8, 4) is 0 Å². The van der Waals surface area contributed by atoms with E-state index in [0.717, 1.165) is 17.7 Å². The van der Waals surface area contributed by atoms with Crippen molar-refractivity contribution >= 4 is 17.3 Å². The Bertz CT molecular complexity index is 286. The van der Waals surface area contributed by atoms with Gasteiger partial charge < -0.3 is 5.32 Å². The number of rotatable bonds is 3. The minimum atomic E-state index is 0.432. The second-order valence-electron chi connectivity index (χ2n) is 3.30. The van der Waals surface area contributed by atoms with Crippen LogP contribution in [0.2, 0.25) is 5.15 Å². The van der Waals surface area contributed by atoms with Gasteiger partial charge in [-0.05, 0) is 31.9 Å². The Morgan fingerprint density at radius 2 is 2.31 bits per heavy atom. The molecular weight excluding hydrogens is 184 g/mol. The molecule has 0 saturated heterocycles. The summed E-state index contributed by atoms with van der Waals surface area (Å²) in [6.07, 6.45) is 2.84. The maximum atomic E-state index is 5.92. The summed E-state index contributed by atoms with van der Waals surface area (Å²) in [7, 11) is 0. The average molecular weight is 199 g/mol. The van der Waals surface area contributed by atoms with Crippen molar-refractivity contribution < 1.29 is 0 Å². The Morgan fingerprint density at radius 1 is 1.62 bits per heavy atom. The van der Waals surface area contributed by atoms with E-state index in [0.29, 0.717) is 11.2 Å². The van der Waals surface area contributed by atoms with Crippen molar-refractivity contribution in [3.05, 3.63) is 23.0 Å². The molecule has 0 bridgehead atoms. The fourth-order valence-electron chi connectivity index (χ4n) is 1.02. The molecule has 72 valence electrons. The van der Waals surface area contributed by atoms with Crippen LogP contribution in [0.3, 0.4) is 0 Å². The van der Waals surface area contributed by atoms with E-state index >= 15 is 0 Å². The van der Waals surface area contributed by atoms with Crippen LogP contribution in [-0.2, 0) is 0 Å². The Balaban J connectivity index is 2.81. The zero-order valence-electron chi connectivity index (χ0n) is 8.26. The van der Waals surface area contributed by atoms with Crippen molar-refractivity contribution in [2.75, 3.05) is 5.32 Å².